The quantitative estimate of drug-likeness (QED) is 0.114. The molecule has 3 heterocycles. The molecule has 0 saturated carbocycles. The molecule has 246 valence electrons. The monoisotopic (exact) mass is 642 g/mol. The lowest BCUT2D eigenvalue weighted by molar-refractivity contribution is -0.323. The van der Waals surface area contributed by atoms with Gasteiger partial charge in [-0.15, -0.1) is 0 Å². The summed E-state index contributed by atoms with van der Waals surface area (Å²) >= 11 is 0. The summed E-state index contributed by atoms with van der Waals surface area (Å²) in [6.45, 7) is -1.47. The van der Waals surface area contributed by atoms with Gasteiger partial charge in [-0.3, -0.25) is 4.79 Å². The number of fused-ring (bicyclic) bond motifs is 1. The fraction of sp³-hybridized carbons (Fsp3) is 0.444. The number of aromatic hydroxyl groups is 5. The lowest BCUT2D eigenvalue weighted by Crippen LogP contribution is -2.62. The Labute approximate surface area is 250 Å². The number of benzene rings is 2. The molecule has 2 aromatic carbocycles. The largest absolute Gasteiger partial charge is 0.508 e. The van der Waals surface area contributed by atoms with Crippen LogP contribution >= 0.6 is 0 Å². The van der Waals surface area contributed by atoms with E-state index in [1.807, 2.05) is 0 Å². The normalized spacial score (nSPS) is 32.1. The fourth-order valence-corrected chi connectivity index (χ4v) is 4.96. The zero-order valence-electron chi connectivity index (χ0n) is 22.8. The van der Waals surface area contributed by atoms with Crippen LogP contribution in [0.3, 0.4) is 0 Å². The Morgan fingerprint density at radius 3 is 1.89 bits per heavy atom. The number of ether oxygens (including phenoxy) is 4. The first-order chi connectivity index (χ1) is 21.2. The molecule has 18 nitrogen and oxygen atoms in total. The highest BCUT2D eigenvalue weighted by molar-refractivity contribution is 5.88. The molecule has 10 atom stereocenters. The van der Waals surface area contributed by atoms with Gasteiger partial charge in [0.1, 0.15) is 71.3 Å². The van der Waals surface area contributed by atoms with Gasteiger partial charge >= 0.3 is 0 Å². The Kier molecular flexibility index (Phi) is 8.97. The lowest BCUT2D eigenvalue weighted by Gasteiger charge is -2.42. The molecule has 0 radical (unpaired) electrons. The summed E-state index contributed by atoms with van der Waals surface area (Å²) in [5.74, 6) is -5.28. The molecule has 5 rings (SSSR count). The van der Waals surface area contributed by atoms with Gasteiger partial charge in [0.2, 0.25) is 17.5 Å². The van der Waals surface area contributed by atoms with Gasteiger partial charge in [-0.1, -0.05) is 0 Å². The van der Waals surface area contributed by atoms with E-state index < -0.39 is 131 Å². The van der Waals surface area contributed by atoms with Gasteiger partial charge < -0.3 is 84.6 Å². The van der Waals surface area contributed by atoms with E-state index in [1.165, 1.54) is 0 Å². The first-order valence-corrected chi connectivity index (χ1v) is 13.3. The summed E-state index contributed by atoms with van der Waals surface area (Å²) in [5.41, 5.74) is -1.80. The fourth-order valence-electron chi connectivity index (χ4n) is 4.96. The van der Waals surface area contributed by atoms with E-state index in [-0.39, 0.29) is 5.56 Å². The molecule has 1 aromatic heterocycles. The maximum atomic E-state index is 13.6. The van der Waals surface area contributed by atoms with Crippen LogP contribution in [0.1, 0.15) is 0 Å². The Morgan fingerprint density at radius 2 is 1.27 bits per heavy atom. The van der Waals surface area contributed by atoms with Crippen molar-refractivity contribution in [3.8, 4) is 45.8 Å². The van der Waals surface area contributed by atoms with E-state index in [4.69, 9.17) is 23.4 Å². The molecule has 0 spiro atoms. The third kappa shape index (κ3) is 5.91. The molecule has 0 aliphatic carbocycles. The second kappa shape index (κ2) is 12.4. The third-order valence-corrected chi connectivity index (χ3v) is 7.43. The summed E-state index contributed by atoms with van der Waals surface area (Å²) < 4.78 is 27.5. The maximum absolute atomic E-state index is 13.6. The predicted octanol–water partition coefficient (Wildman–Crippen LogP) is -3.01. The molecule has 2 aliphatic rings. The van der Waals surface area contributed by atoms with Crippen LogP contribution in [0.15, 0.2) is 33.5 Å². The van der Waals surface area contributed by atoms with E-state index in [0.29, 0.717) is 0 Å². The average molecular weight is 643 g/mol. The maximum Gasteiger partial charge on any atom is 0.239 e. The Hall–Kier alpha value is -3.95. The van der Waals surface area contributed by atoms with Crippen LogP contribution in [0.2, 0.25) is 0 Å². The zero-order chi connectivity index (χ0) is 32.9. The van der Waals surface area contributed by atoms with E-state index in [9.17, 15) is 66.1 Å². The number of phenols is 5. The Morgan fingerprint density at radius 1 is 0.689 bits per heavy atom. The average Bonchev–Trinajstić information content (AvgIpc) is 2.99. The van der Waals surface area contributed by atoms with E-state index in [1.54, 1.807) is 0 Å². The molecule has 12 N–H and O–H groups in total. The van der Waals surface area contributed by atoms with Crippen LogP contribution in [-0.4, -0.2) is 136 Å². The van der Waals surface area contributed by atoms with Gasteiger partial charge in [-0.2, -0.15) is 0 Å². The van der Waals surface area contributed by atoms with Crippen molar-refractivity contribution in [3.05, 3.63) is 34.5 Å². The summed E-state index contributed by atoms with van der Waals surface area (Å²) in [6, 6.07) is 3.51. The summed E-state index contributed by atoms with van der Waals surface area (Å²) in [5, 5.41) is 121. The second-order valence-corrected chi connectivity index (χ2v) is 10.5. The van der Waals surface area contributed by atoms with Crippen LogP contribution in [0.25, 0.3) is 22.3 Å². The zero-order valence-corrected chi connectivity index (χ0v) is 22.8. The third-order valence-electron chi connectivity index (χ3n) is 7.43. The number of hydrogen-bond donors (Lipinski definition) is 12. The highest BCUT2D eigenvalue weighted by Crippen LogP contribution is 2.43. The molecular weight excluding hydrogens is 612 g/mol. The number of phenolic OH excluding ortho intramolecular Hbond substituents is 5. The Bertz CT molecular complexity index is 1580. The van der Waals surface area contributed by atoms with Crippen LogP contribution in [0.4, 0.5) is 0 Å². The molecule has 3 aromatic rings. The summed E-state index contributed by atoms with van der Waals surface area (Å²) in [7, 11) is 0. The van der Waals surface area contributed by atoms with Gasteiger partial charge in [-0.05, 0) is 12.1 Å². The predicted molar refractivity (Wildman–Crippen MR) is 143 cm³/mol. The second-order valence-electron chi connectivity index (χ2n) is 10.5. The number of aliphatic hydroxyl groups excluding tert-OH is 7. The first-order valence-electron chi connectivity index (χ1n) is 13.3. The highest BCUT2D eigenvalue weighted by Gasteiger charge is 2.48. The first kappa shape index (κ1) is 32.4. The molecule has 0 amide bonds. The minimum atomic E-state index is -2.05. The van der Waals surface area contributed by atoms with Crippen molar-refractivity contribution in [1.29, 1.82) is 0 Å². The number of aliphatic hydroxyl groups is 7. The minimum Gasteiger partial charge on any atom is -0.508 e. The molecule has 2 saturated heterocycles. The smallest absolute Gasteiger partial charge is 0.239 e. The SMILES string of the molecule is O=c1c(O[C@@H]2OC(CO[C@@H]3O[C@H](CO)[C@@H](O)[C@H](O)[C@@H]3O)[C@H](O)[C@H](O)[C@H]2O)c(-c2cc(O)c(O)c(O)c2)oc2cc(O)cc(O)c12. The van der Waals surface area contributed by atoms with Crippen molar-refractivity contribution in [3.63, 3.8) is 0 Å². The van der Waals surface area contributed by atoms with E-state index in [2.05, 4.69) is 0 Å². The lowest BCUT2D eigenvalue weighted by atomic mass is 9.98. The molecule has 1 unspecified atom stereocenters. The van der Waals surface area contributed by atoms with Crippen molar-refractivity contribution in [1.82, 2.24) is 0 Å². The van der Waals surface area contributed by atoms with Gasteiger partial charge in [0.05, 0.1) is 13.2 Å². The molecule has 2 aliphatic heterocycles. The minimum absolute atomic E-state index is 0.284. The van der Waals surface area contributed by atoms with Crippen molar-refractivity contribution in [2.75, 3.05) is 13.2 Å². The number of rotatable bonds is 7. The van der Waals surface area contributed by atoms with Gasteiger partial charge in [0.15, 0.2) is 29.3 Å². The summed E-state index contributed by atoms with van der Waals surface area (Å²) in [6.07, 6.45) is -17.8. The van der Waals surface area contributed by atoms with Crippen molar-refractivity contribution >= 4 is 11.0 Å². The van der Waals surface area contributed by atoms with Crippen molar-refractivity contribution < 1.29 is 84.6 Å². The standard InChI is InChI=1S/C27H30O18/c28-5-13-17(34)20(37)22(39)26(43-13)41-6-14-18(35)21(38)23(40)27(44-14)45-25-19(36)15-9(30)3-8(29)4-12(15)42-24(25)7-1-10(31)16(33)11(32)2-7/h1-4,13-14,17-18,20-23,26-35,37-40H,5-6H2/t13-,14?,17-,18+,20+,21+,22+,23-,26-,27+/m1/s1. The van der Waals surface area contributed by atoms with Gasteiger partial charge in [0, 0.05) is 17.7 Å². The number of hydrogen-bond acceptors (Lipinski definition) is 18. The van der Waals surface area contributed by atoms with Crippen LogP contribution in [0.5, 0.6) is 34.5 Å². The van der Waals surface area contributed by atoms with Crippen molar-refractivity contribution in [2.45, 2.75) is 61.4 Å². The van der Waals surface area contributed by atoms with E-state index in [0.717, 1.165) is 24.3 Å². The van der Waals surface area contributed by atoms with Crippen molar-refractivity contribution in [2.24, 2.45) is 0 Å². The molecule has 45 heavy (non-hydrogen) atoms. The highest BCUT2D eigenvalue weighted by atomic mass is 16.7. The molecule has 18 heteroatoms. The van der Waals surface area contributed by atoms with E-state index >= 15 is 0 Å². The van der Waals surface area contributed by atoms with Crippen LogP contribution < -0.4 is 10.2 Å². The van der Waals surface area contributed by atoms with Crippen LogP contribution in [0, 0.1) is 0 Å². The Balaban J connectivity index is 1.49. The van der Waals surface area contributed by atoms with Gasteiger partial charge in [0.25, 0.3) is 0 Å². The molecule has 0 bridgehead atoms. The summed E-state index contributed by atoms with van der Waals surface area (Å²) in [4.78, 5) is 13.6. The van der Waals surface area contributed by atoms with Crippen LogP contribution in [-0.2, 0) is 14.2 Å². The molecule has 2 fully saturated rings. The molecular formula is C27H30O18. The topological polar surface area (TPSA) is 310 Å². The van der Waals surface area contributed by atoms with Gasteiger partial charge in [-0.25, -0.2) is 0 Å².